The van der Waals surface area contributed by atoms with Gasteiger partial charge in [-0.2, -0.15) is 0 Å². The maximum Gasteiger partial charge on any atom is 0.328 e. The van der Waals surface area contributed by atoms with Crippen LogP contribution >= 0.6 is 11.3 Å². The lowest BCUT2D eigenvalue weighted by Gasteiger charge is -2.35. The number of piperidine rings is 1. The molecular weight excluding hydrogens is 274 g/mol. The van der Waals surface area contributed by atoms with Crippen molar-refractivity contribution in [2.45, 2.75) is 20.3 Å². The molecule has 0 bridgehead atoms. The zero-order valence-electron chi connectivity index (χ0n) is 11.7. The van der Waals surface area contributed by atoms with Crippen LogP contribution < -0.4 is 0 Å². The summed E-state index contributed by atoms with van der Waals surface area (Å²) >= 11 is 1.34. The molecule has 5 heteroatoms. The molecule has 4 nitrogen and oxygen atoms in total. The molecule has 0 radical (unpaired) electrons. The second kappa shape index (κ2) is 6.22. The summed E-state index contributed by atoms with van der Waals surface area (Å²) in [7, 11) is 0. The summed E-state index contributed by atoms with van der Waals surface area (Å²) in [6.07, 6.45) is 3.65. The molecule has 1 aromatic heterocycles. The predicted octanol–water partition coefficient (Wildman–Crippen LogP) is 2.96. The standard InChI is InChI=1S/C15H19NO3S/c1-10-7-8-16(9-11(10)2)15(19)13-5-3-12(20-13)4-6-14(17)18/h3-6,10-11H,7-9H2,1-2H3,(H,17,18)/b6-4+. The molecule has 1 N–H and O–H groups in total. The molecule has 1 aliphatic rings. The molecule has 2 rings (SSSR count). The molecule has 1 saturated heterocycles. The molecule has 108 valence electrons. The largest absolute Gasteiger partial charge is 0.478 e. The Bertz CT molecular complexity index is 535. The highest BCUT2D eigenvalue weighted by Gasteiger charge is 2.27. The summed E-state index contributed by atoms with van der Waals surface area (Å²) in [6.45, 7) is 6.02. The highest BCUT2D eigenvalue weighted by molar-refractivity contribution is 7.14. The minimum atomic E-state index is -0.981. The van der Waals surface area contributed by atoms with E-state index in [4.69, 9.17) is 5.11 Å². The number of hydrogen-bond donors (Lipinski definition) is 1. The molecule has 1 fully saturated rings. The number of nitrogens with zero attached hydrogens (tertiary/aromatic N) is 1. The van der Waals surface area contributed by atoms with Gasteiger partial charge in [-0.15, -0.1) is 11.3 Å². The summed E-state index contributed by atoms with van der Waals surface area (Å²) in [4.78, 5) is 26.2. The molecule has 0 spiro atoms. The van der Waals surface area contributed by atoms with Gasteiger partial charge in [0.2, 0.25) is 0 Å². The summed E-state index contributed by atoms with van der Waals surface area (Å²) in [6, 6.07) is 3.56. The third kappa shape index (κ3) is 3.48. The molecule has 1 aromatic rings. The summed E-state index contributed by atoms with van der Waals surface area (Å²) in [5, 5.41) is 8.59. The Balaban J connectivity index is 2.04. The van der Waals surface area contributed by atoms with Crippen LogP contribution in [0.3, 0.4) is 0 Å². The van der Waals surface area contributed by atoms with Crippen LogP contribution in [-0.4, -0.2) is 35.0 Å². The third-order valence-electron chi connectivity index (χ3n) is 3.85. The Morgan fingerprint density at radius 2 is 2.10 bits per heavy atom. The van der Waals surface area contributed by atoms with Gasteiger partial charge in [-0.1, -0.05) is 13.8 Å². The topological polar surface area (TPSA) is 57.6 Å². The van der Waals surface area contributed by atoms with E-state index < -0.39 is 5.97 Å². The molecule has 1 amide bonds. The Morgan fingerprint density at radius 3 is 2.75 bits per heavy atom. The first-order valence-electron chi connectivity index (χ1n) is 6.77. The average Bonchev–Trinajstić information content (AvgIpc) is 2.87. The van der Waals surface area contributed by atoms with Gasteiger partial charge in [0.15, 0.2) is 0 Å². The van der Waals surface area contributed by atoms with Gasteiger partial charge in [0.1, 0.15) is 0 Å². The third-order valence-corrected chi connectivity index (χ3v) is 4.89. The van der Waals surface area contributed by atoms with E-state index in [0.29, 0.717) is 16.7 Å². The van der Waals surface area contributed by atoms with Crippen molar-refractivity contribution in [3.8, 4) is 0 Å². The summed E-state index contributed by atoms with van der Waals surface area (Å²) in [5.74, 6) is 0.268. The van der Waals surface area contributed by atoms with Crippen LogP contribution in [0.15, 0.2) is 18.2 Å². The number of rotatable bonds is 3. The fraction of sp³-hybridized carbons (Fsp3) is 0.467. The maximum absolute atomic E-state index is 12.4. The molecule has 20 heavy (non-hydrogen) atoms. The van der Waals surface area contributed by atoms with Crippen molar-refractivity contribution in [3.63, 3.8) is 0 Å². The van der Waals surface area contributed by atoms with Gasteiger partial charge in [-0.25, -0.2) is 4.79 Å². The Kier molecular flexibility index (Phi) is 4.60. The number of carboxylic acids is 1. The van der Waals surface area contributed by atoms with Crippen LogP contribution in [-0.2, 0) is 4.79 Å². The summed E-state index contributed by atoms with van der Waals surface area (Å²) in [5.41, 5.74) is 0. The van der Waals surface area contributed by atoms with Gasteiger partial charge in [0.05, 0.1) is 4.88 Å². The second-order valence-corrected chi connectivity index (χ2v) is 6.48. The Morgan fingerprint density at radius 1 is 1.35 bits per heavy atom. The SMILES string of the molecule is CC1CCN(C(=O)c2ccc(/C=C/C(=O)O)s2)CC1C. The number of carbonyl (C=O) groups excluding carboxylic acids is 1. The lowest BCUT2D eigenvalue weighted by Crippen LogP contribution is -2.41. The van der Waals surface area contributed by atoms with Crippen molar-refractivity contribution in [3.05, 3.63) is 28.0 Å². The number of carboxylic acid groups (broad SMARTS) is 1. The first-order chi connectivity index (χ1) is 9.47. The van der Waals surface area contributed by atoms with Crippen molar-refractivity contribution in [1.82, 2.24) is 4.90 Å². The zero-order valence-corrected chi connectivity index (χ0v) is 12.5. The lowest BCUT2D eigenvalue weighted by atomic mass is 9.88. The van der Waals surface area contributed by atoms with Crippen LogP contribution in [0.2, 0.25) is 0 Å². The Labute approximate surface area is 122 Å². The minimum Gasteiger partial charge on any atom is -0.478 e. The molecule has 2 unspecified atom stereocenters. The number of aliphatic carboxylic acids is 1. The van der Waals surface area contributed by atoms with E-state index in [-0.39, 0.29) is 5.91 Å². The van der Waals surface area contributed by atoms with E-state index >= 15 is 0 Å². The van der Waals surface area contributed by atoms with E-state index in [2.05, 4.69) is 13.8 Å². The first-order valence-corrected chi connectivity index (χ1v) is 7.59. The maximum atomic E-state index is 12.4. The second-order valence-electron chi connectivity index (χ2n) is 5.37. The smallest absolute Gasteiger partial charge is 0.328 e. The normalized spacial score (nSPS) is 23.2. The van der Waals surface area contributed by atoms with Gasteiger partial charge in [0.25, 0.3) is 5.91 Å². The van der Waals surface area contributed by atoms with Crippen molar-refractivity contribution < 1.29 is 14.7 Å². The fourth-order valence-corrected chi connectivity index (χ4v) is 3.19. The van der Waals surface area contributed by atoms with E-state index in [1.54, 1.807) is 12.1 Å². The Hall–Kier alpha value is -1.62. The van der Waals surface area contributed by atoms with Crippen molar-refractivity contribution in [2.24, 2.45) is 11.8 Å². The molecule has 0 saturated carbocycles. The van der Waals surface area contributed by atoms with Crippen LogP contribution in [0.1, 0.15) is 34.8 Å². The van der Waals surface area contributed by atoms with Crippen molar-refractivity contribution >= 4 is 29.3 Å². The van der Waals surface area contributed by atoms with Gasteiger partial charge in [-0.05, 0) is 36.5 Å². The molecule has 2 atom stereocenters. The van der Waals surface area contributed by atoms with Gasteiger partial charge >= 0.3 is 5.97 Å². The fourth-order valence-electron chi connectivity index (χ4n) is 2.31. The number of hydrogen-bond acceptors (Lipinski definition) is 3. The van der Waals surface area contributed by atoms with Crippen molar-refractivity contribution in [2.75, 3.05) is 13.1 Å². The minimum absolute atomic E-state index is 0.0590. The van der Waals surface area contributed by atoms with Gasteiger partial charge in [0, 0.05) is 24.0 Å². The predicted molar refractivity (Wildman–Crippen MR) is 79.8 cm³/mol. The molecule has 2 heterocycles. The molecule has 0 aromatic carbocycles. The number of carbonyl (C=O) groups is 2. The van der Waals surface area contributed by atoms with Crippen molar-refractivity contribution in [1.29, 1.82) is 0 Å². The average molecular weight is 293 g/mol. The lowest BCUT2D eigenvalue weighted by molar-refractivity contribution is -0.131. The number of thiophene rings is 1. The number of amides is 1. The monoisotopic (exact) mass is 293 g/mol. The highest BCUT2D eigenvalue weighted by Crippen LogP contribution is 2.26. The van der Waals surface area contributed by atoms with E-state index in [9.17, 15) is 9.59 Å². The zero-order chi connectivity index (χ0) is 14.7. The highest BCUT2D eigenvalue weighted by atomic mass is 32.1. The first kappa shape index (κ1) is 14.8. The quantitative estimate of drug-likeness (QED) is 0.872. The van der Waals surface area contributed by atoms with Gasteiger partial charge < -0.3 is 10.0 Å². The van der Waals surface area contributed by atoms with Gasteiger partial charge in [-0.3, -0.25) is 4.79 Å². The van der Waals surface area contributed by atoms with E-state index in [1.807, 2.05) is 4.90 Å². The van der Waals surface area contributed by atoms with Crippen LogP contribution in [0.25, 0.3) is 6.08 Å². The number of likely N-dealkylation sites (tertiary alicyclic amines) is 1. The molecular formula is C15H19NO3S. The van der Waals surface area contributed by atoms with Crippen LogP contribution in [0, 0.1) is 11.8 Å². The molecule has 1 aliphatic heterocycles. The van der Waals surface area contributed by atoms with E-state index in [0.717, 1.165) is 30.5 Å². The van der Waals surface area contributed by atoms with E-state index in [1.165, 1.54) is 17.4 Å². The molecule has 0 aliphatic carbocycles. The van der Waals surface area contributed by atoms with Crippen LogP contribution in [0.4, 0.5) is 0 Å². The summed E-state index contributed by atoms with van der Waals surface area (Å²) < 4.78 is 0. The van der Waals surface area contributed by atoms with Crippen LogP contribution in [0.5, 0.6) is 0 Å².